The van der Waals surface area contributed by atoms with E-state index in [2.05, 4.69) is 17.0 Å². The number of hydrogen-bond donors (Lipinski definition) is 1. The Hall–Kier alpha value is -3.29. The maximum atomic E-state index is 10.7. The molecular formula is C25H24N2O4S. The summed E-state index contributed by atoms with van der Waals surface area (Å²) in [6.45, 7) is 2.58. The predicted molar refractivity (Wildman–Crippen MR) is 126 cm³/mol. The number of nitrogens with zero attached hydrogens (tertiary/aromatic N) is 2. The predicted octanol–water partition coefficient (Wildman–Crippen LogP) is 5.08. The van der Waals surface area contributed by atoms with E-state index in [0.717, 1.165) is 50.0 Å². The number of rotatable bonds is 5. The zero-order valence-electron chi connectivity index (χ0n) is 18.0. The third-order valence-corrected chi connectivity index (χ3v) is 6.71. The van der Waals surface area contributed by atoms with Crippen LogP contribution >= 0.6 is 11.3 Å². The average molecular weight is 449 g/mol. The molecule has 1 aliphatic rings. The van der Waals surface area contributed by atoms with Crippen LogP contribution in [0.2, 0.25) is 0 Å². The third-order valence-electron chi connectivity index (χ3n) is 5.62. The van der Waals surface area contributed by atoms with Crippen LogP contribution in [0.1, 0.15) is 11.1 Å². The van der Waals surface area contributed by atoms with Gasteiger partial charge in [0.2, 0.25) is 0 Å². The second-order valence-corrected chi connectivity index (χ2v) is 8.74. The van der Waals surface area contributed by atoms with Crippen LogP contribution < -0.4 is 14.2 Å². The topological polar surface area (TPSA) is 64.1 Å². The minimum absolute atomic E-state index is 0.153. The molecule has 4 aromatic rings. The monoisotopic (exact) mass is 448 g/mol. The Morgan fingerprint density at radius 2 is 1.97 bits per heavy atom. The van der Waals surface area contributed by atoms with Gasteiger partial charge in [-0.2, -0.15) is 0 Å². The minimum Gasteiger partial charge on any atom is -0.504 e. The lowest BCUT2D eigenvalue weighted by atomic mass is 10.1. The number of thiazole rings is 1. The maximum absolute atomic E-state index is 10.7. The van der Waals surface area contributed by atoms with E-state index in [0.29, 0.717) is 25.4 Å². The van der Waals surface area contributed by atoms with E-state index < -0.39 is 0 Å². The van der Waals surface area contributed by atoms with Gasteiger partial charge in [-0.1, -0.05) is 18.2 Å². The van der Waals surface area contributed by atoms with E-state index in [9.17, 15) is 5.11 Å². The lowest BCUT2D eigenvalue weighted by molar-refractivity contribution is 0.215. The van der Waals surface area contributed by atoms with E-state index in [1.165, 1.54) is 0 Å². The van der Waals surface area contributed by atoms with Gasteiger partial charge >= 0.3 is 0 Å². The molecule has 6 nitrogen and oxygen atoms in total. The molecule has 1 aromatic heterocycles. The van der Waals surface area contributed by atoms with E-state index in [4.69, 9.17) is 19.2 Å². The molecule has 0 fully saturated rings. The molecule has 1 aliphatic heterocycles. The molecule has 32 heavy (non-hydrogen) atoms. The molecule has 5 rings (SSSR count). The van der Waals surface area contributed by atoms with Gasteiger partial charge in [0.05, 0.1) is 24.4 Å². The second kappa shape index (κ2) is 8.68. The summed E-state index contributed by atoms with van der Waals surface area (Å²) in [6.07, 6.45) is 0. The fourth-order valence-electron chi connectivity index (χ4n) is 4.03. The Morgan fingerprint density at radius 1 is 1.09 bits per heavy atom. The van der Waals surface area contributed by atoms with Gasteiger partial charge < -0.3 is 19.3 Å². The van der Waals surface area contributed by atoms with Crippen molar-refractivity contribution in [3.63, 3.8) is 0 Å². The van der Waals surface area contributed by atoms with Crippen LogP contribution in [0, 0.1) is 0 Å². The Kier molecular flexibility index (Phi) is 5.59. The van der Waals surface area contributed by atoms with Gasteiger partial charge in [-0.3, -0.25) is 4.90 Å². The molecule has 0 saturated carbocycles. The number of fused-ring (bicyclic) bond motifs is 2. The van der Waals surface area contributed by atoms with Crippen LogP contribution in [0.25, 0.3) is 20.8 Å². The zero-order valence-corrected chi connectivity index (χ0v) is 18.8. The third kappa shape index (κ3) is 3.97. The molecule has 0 amide bonds. The summed E-state index contributed by atoms with van der Waals surface area (Å²) in [6, 6.07) is 17.8. The van der Waals surface area contributed by atoms with E-state index in [-0.39, 0.29) is 5.75 Å². The number of aromatic nitrogens is 1. The summed E-state index contributed by atoms with van der Waals surface area (Å²) < 4.78 is 17.9. The SMILES string of the molecule is COc1ccc(CN2CCOc3c(O)cc(-c4nc5ccccc5s4)cc3C2)c(OC)c1. The molecule has 7 heteroatoms. The fraction of sp³-hybridized carbons (Fsp3) is 0.240. The van der Waals surface area contributed by atoms with Crippen LogP contribution in [0.5, 0.6) is 23.0 Å². The van der Waals surface area contributed by atoms with Gasteiger partial charge in [0.1, 0.15) is 23.1 Å². The maximum Gasteiger partial charge on any atom is 0.165 e. The zero-order chi connectivity index (χ0) is 22.1. The van der Waals surface area contributed by atoms with Crippen LogP contribution in [-0.4, -0.2) is 42.4 Å². The highest BCUT2D eigenvalue weighted by Gasteiger charge is 2.22. The van der Waals surface area contributed by atoms with E-state index >= 15 is 0 Å². The first kappa shape index (κ1) is 20.6. The van der Waals surface area contributed by atoms with E-state index in [1.54, 1.807) is 31.6 Å². The highest BCUT2D eigenvalue weighted by Crippen LogP contribution is 2.40. The highest BCUT2D eigenvalue weighted by atomic mass is 32.1. The molecule has 0 radical (unpaired) electrons. The quantitative estimate of drug-likeness (QED) is 0.459. The number of ether oxygens (including phenoxy) is 3. The molecule has 164 valence electrons. The van der Waals surface area contributed by atoms with Crippen molar-refractivity contribution in [1.82, 2.24) is 9.88 Å². The summed E-state index contributed by atoms with van der Waals surface area (Å²) in [5.41, 5.74) is 3.88. The first-order valence-corrected chi connectivity index (χ1v) is 11.2. The Morgan fingerprint density at radius 3 is 2.78 bits per heavy atom. The first-order chi connectivity index (χ1) is 15.6. The lowest BCUT2D eigenvalue weighted by Crippen LogP contribution is -2.25. The molecule has 0 atom stereocenters. The number of para-hydroxylation sites is 1. The molecule has 1 N–H and O–H groups in total. The van der Waals surface area contributed by atoms with Gasteiger partial charge in [-0.05, 0) is 30.3 Å². The van der Waals surface area contributed by atoms with Crippen molar-refractivity contribution < 1.29 is 19.3 Å². The minimum atomic E-state index is 0.153. The highest BCUT2D eigenvalue weighted by molar-refractivity contribution is 7.21. The van der Waals surface area contributed by atoms with Crippen molar-refractivity contribution in [3.05, 3.63) is 65.7 Å². The number of aromatic hydroxyl groups is 1. The summed E-state index contributed by atoms with van der Waals surface area (Å²) in [7, 11) is 3.31. The lowest BCUT2D eigenvalue weighted by Gasteiger charge is -2.21. The summed E-state index contributed by atoms with van der Waals surface area (Å²) in [5, 5.41) is 11.6. The number of phenolic OH excluding ortho intramolecular Hbond substituents is 1. The fourth-order valence-corrected chi connectivity index (χ4v) is 4.98. The normalized spacial score (nSPS) is 13.9. The van der Waals surface area contributed by atoms with Gasteiger partial charge in [-0.15, -0.1) is 11.3 Å². The van der Waals surface area contributed by atoms with Crippen molar-refractivity contribution in [2.75, 3.05) is 27.4 Å². The molecular weight excluding hydrogens is 424 g/mol. The summed E-state index contributed by atoms with van der Waals surface area (Å²) in [5.74, 6) is 2.26. The van der Waals surface area contributed by atoms with Gasteiger partial charge in [-0.25, -0.2) is 4.98 Å². The summed E-state index contributed by atoms with van der Waals surface area (Å²) >= 11 is 1.62. The van der Waals surface area contributed by atoms with Crippen LogP contribution in [0.3, 0.4) is 0 Å². The first-order valence-electron chi connectivity index (χ1n) is 10.4. The van der Waals surface area contributed by atoms with Gasteiger partial charge in [0, 0.05) is 42.4 Å². The van der Waals surface area contributed by atoms with Gasteiger partial charge in [0.25, 0.3) is 0 Å². The number of phenols is 1. The average Bonchev–Trinajstić information content (AvgIpc) is 3.14. The molecule has 2 heterocycles. The largest absolute Gasteiger partial charge is 0.504 e. The summed E-state index contributed by atoms with van der Waals surface area (Å²) in [4.78, 5) is 7.04. The van der Waals surface area contributed by atoms with Crippen LogP contribution in [0.4, 0.5) is 0 Å². The van der Waals surface area contributed by atoms with Crippen LogP contribution in [0.15, 0.2) is 54.6 Å². The van der Waals surface area contributed by atoms with E-state index in [1.807, 2.05) is 36.4 Å². The standard InChI is InChI=1S/C25H24N2O4S/c1-29-19-8-7-16(22(13-19)30-2)14-27-9-10-31-24-18(15-27)11-17(12-21(24)28)25-26-20-5-3-4-6-23(20)32-25/h3-8,11-13,28H,9-10,14-15H2,1-2H3. The Bertz CT molecular complexity index is 1240. The number of hydrogen-bond acceptors (Lipinski definition) is 7. The van der Waals surface area contributed by atoms with Crippen molar-refractivity contribution >= 4 is 21.6 Å². The molecule has 0 unspecified atom stereocenters. The second-order valence-electron chi connectivity index (χ2n) is 7.71. The molecule has 0 spiro atoms. The van der Waals surface area contributed by atoms with Gasteiger partial charge in [0.15, 0.2) is 11.5 Å². The van der Waals surface area contributed by atoms with Crippen molar-refractivity contribution in [3.8, 4) is 33.6 Å². The molecule has 3 aromatic carbocycles. The van der Waals surface area contributed by atoms with Crippen LogP contribution in [-0.2, 0) is 13.1 Å². The Labute approximate surface area is 190 Å². The molecule has 0 saturated heterocycles. The molecule has 0 aliphatic carbocycles. The number of methoxy groups -OCH3 is 2. The Balaban J connectivity index is 1.45. The molecule has 0 bridgehead atoms. The van der Waals surface area contributed by atoms with Crippen molar-refractivity contribution in [2.45, 2.75) is 13.1 Å². The smallest absolute Gasteiger partial charge is 0.165 e. The van der Waals surface area contributed by atoms with Crippen molar-refractivity contribution in [2.24, 2.45) is 0 Å². The van der Waals surface area contributed by atoms with Crippen molar-refractivity contribution in [1.29, 1.82) is 0 Å². The number of benzene rings is 3.